The summed E-state index contributed by atoms with van der Waals surface area (Å²) in [6.07, 6.45) is 3.48. The van der Waals surface area contributed by atoms with Gasteiger partial charge in [0.25, 0.3) is 5.56 Å². The van der Waals surface area contributed by atoms with Crippen LogP contribution in [0.2, 0.25) is 5.02 Å². The third-order valence-corrected chi connectivity index (χ3v) is 8.23. The highest BCUT2D eigenvalue weighted by Crippen LogP contribution is 2.34. The number of fused-ring (bicyclic) bond motifs is 2. The van der Waals surface area contributed by atoms with Gasteiger partial charge in [0.1, 0.15) is 13.2 Å². The molecule has 3 aromatic rings. The first-order valence-electron chi connectivity index (χ1n) is 10.6. The standard InChI is InChI=1S/C23H23ClN2O5S/c24-17-5-7-19(8-6-17)32(28,29)26(18-3-1-2-4-18)14-16-11-15-12-21-22(31-10-9-30-21)13-20(15)25-23(16)27/h5-8,11-13,18H,1-4,9-10,14H2,(H,25,27). The number of rotatable bonds is 5. The van der Waals surface area contributed by atoms with E-state index < -0.39 is 10.0 Å². The van der Waals surface area contributed by atoms with Crippen LogP contribution in [0.5, 0.6) is 11.5 Å². The van der Waals surface area contributed by atoms with E-state index in [2.05, 4.69) is 4.98 Å². The summed E-state index contributed by atoms with van der Waals surface area (Å²) in [7, 11) is -3.81. The summed E-state index contributed by atoms with van der Waals surface area (Å²) in [5, 5.41) is 1.23. The first-order chi connectivity index (χ1) is 15.4. The largest absolute Gasteiger partial charge is 0.486 e. The van der Waals surface area contributed by atoms with E-state index in [4.69, 9.17) is 21.1 Å². The number of halogens is 1. The molecule has 2 heterocycles. The number of pyridine rings is 1. The Hall–Kier alpha value is -2.55. The molecule has 0 atom stereocenters. The molecular formula is C23H23ClN2O5S. The van der Waals surface area contributed by atoms with Gasteiger partial charge in [-0.05, 0) is 49.2 Å². The second-order valence-corrected chi connectivity index (χ2v) is 10.5. The first-order valence-corrected chi connectivity index (χ1v) is 12.5. The second kappa shape index (κ2) is 8.42. The van der Waals surface area contributed by atoms with Gasteiger partial charge in [0.15, 0.2) is 11.5 Å². The van der Waals surface area contributed by atoms with Crippen LogP contribution in [0.15, 0.2) is 52.2 Å². The Bertz CT molecular complexity index is 1310. The van der Waals surface area contributed by atoms with Crippen LogP contribution in [0.3, 0.4) is 0 Å². The molecule has 1 aliphatic heterocycles. The summed E-state index contributed by atoms with van der Waals surface area (Å²) in [5.41, 5.74) is 0.693. The minimum absolute atomic E-state index is 0.00462. The Labute approximate surface area is 191 Å². The van der Waals surface area contributed by atoms with Crippen LogP contribution in [0.25, 0.3) is 10.9 Å². The van der Waals surface area contributed by atoms with Gasteiger partial charge in [0.05, 0.1) is 10.4 Å². The molecule has 0 bridgehead atoms. The number of benzene rings is 2. The third kappa shape index (κ3) is 3.98. The predicted molar refractivity (Wildman–Crippen MR) is 122 cm³/mol. The lowest BCUT2D eigenvalue weighted by Crippen LogP contribution is -2.39. The Kier molecular flexibility index (Phi) is 5.61. The number of H-pyrrole nitrogens is 1. The lowest BCUT2D eigenvalue weighted by molar-refractivity contribution is 0.172. The smallest absolute Gasteiger partial charge is 0.252 e. The van der Waals surface area contributed by atoms with E-state index in [1.165, 1.54) is 16.4 Å². The van der Waals surface area contributed by atoms with E-state index in [1.807, 2.05) is 6.07 Å². The summed E-state index contributed by atoms with van der Waals surface area (Å²) in [4.78, 5) is 15.9. The van der Waals surface area contributed by atoms with Crippen LogP contribution in [-0.2, 0) is 16.6 Å². The molecule has 0 radical (unpaired) electrons. The molecule has 2 aliphatic rings. The van der Waals surface area contributed by atoms with Crippen molar-refractivity contribution in [3.63, 3.8) is 0 Å². The molecule has 2 aromatic carbocycles. The van der Waals surface area contributed by atoms with Gasteiger partial charge in [-0.15, -0.1) is 0 Å². The van der Waals surface area contributed by atoms with Crippen molar-refractivity contribution in [2.75, 3.05) is 13.2 Å². The van der Waals surface area contributed by atoms with Crippen molar-refractivity contribution in [2.24, 2.45) is 0 Å². The van der Waals surface area contributed by atoms with Crippen LogP contribution in [0.4, 0.5) is 0 Å². The average molecular weight is 475 g/mol. The number of sulfonamides is 1. The molecule has 9 heteroatoms. The van der Waals surface area contributed by atoms with Crippen LogP contribution < -0.4 is 15.0 Å². The van der Waals surface area contributed by atoms with Crippen LogP contribution in [-0.4, -0.2) is 37.0 Å². The molecule has 1 N–H and O–H groups in total. The molecule has 7 nitrogen and oxygen atoms in total. The van der Waals surface area contributed by atoms with E-state index in [9.17, 15) is 13.2 Å². The zero-order valence-electron chi connectivity index (χ0n) is 17.3. The Morgan fingerprint density at radius 2 is 1.66 bits per heavy atom. The molecule has 0 spiro atoms. The fourth-order valence-electron chi connectivity index (χ4n) is 4.42. The van der Waals surface area contributed by atoms with Crippen LogP contribution in [0.1, 0.15) is 31.2 Å². The summed E-state index contributed by atoms with van der Waals surface area (Å²) in [6.45, 7) is 0.915. The fraction of sp³-hybridized carbons (Fsp3) is 0.348. The maximum atomic E-state index is 13.5. The molecule has 1 fully saturated rings. The van der Waals surface area contributed by atoms with Gasteiger partial charge in [0.2, 0.25) is 10.0 Å². The van der Waals surface area contributed by atoms with Crippen molar-refractivity contribution in [3.8, 4) is 11.5 Å². The van der Waals surface area contributed by atoms with Gasteiger partial charge >= 0.3 is 0 Å². The number of aromatic nitrogens is 1. The molecular weight excluding hydrogens is 452 g/mol. The first kappa shape index (κ1) is 21.3. The van der Waals surface area contributed by atoms with E-state index in [1.54, 1.807) is 24.3 Å². The normalized spacial score (nSPS) is 16.7. The average Bonchev–Trinajstić information content (AvgIpc) is 3.31. The fourth-order valence-corrected chi connectivity index (χ4v) is 6.21. The SMILES string of the molecule is O=c1[nH]c2cc3c(cc2cc1CN(C1CCCC1)S(=O)(=O)c1ccc(Cl)cc1)OCCO3. The number of hydrogen-bond acceptors (Lipinski definition) is 5. The Morgan fingerprint density at radius 1 is 1.00 bits per heavy atom. The van der Waals surface area contributed by atoms with E-state index >= 15 is 0 Å². The van der Waals surface area contributed by atoms with Gasteiger partial charge < -0.3 is 14.5 Å². The highest BCUT2D eigenvalue weighted by molar-refractivity contribution is 7.89. The van der Waals surface area contributed by atoms with Crippen molar-refractivity contribution < 1.29 is 17.9 Å². The van der Waals surface area contributed by atoms with E-state index in [-0.39, 0.29) is 23.0 Å². The number of hydrogen-bond donors (Lipinski definition) is 1. The van der Waals surface area contributed by atoms with E-state index in [0.29, 0.717) is 40.8 Å². The Balaban J connectivity index is 1.55. The molecule has 0 unspecified atom stereocenters. The maximum absolute atomic E-state index is 13.5. The molecule has 0 amide bonds. The minimum Gasteiger partial charge on any atom is -0.486 e. The van der Waals surface area contributed by atoms with Gasteiger partial charge in [0, 0.05) is 34.6 Å². The van der Waals surface area contributed by atoms with Gasteiger partial charge in [-0.1, -0.05) is 24.4 Å². The molecule has 1 saturated carbocycles. The van der Waals surface area contributed by atoms with E-state index in [0.717, 1.165) is 31.1 Å². The zero-order chi connectivity index (χ0) is 22.3. The van der Waals surface area contributed by atoms with Gasteiger partial charge in [-0.25, -0.2) is 8.42 Å². The quantitative estimate of drug-likeness (QED) is 0.601. The monoisotopic (exact) mass is 474 g/mol. The Morgan fingerprint density at radius 3 is 2.34 bits per heavy atom. The van der Waals surface area contributed by atoms with Crippen molar-refractivity contribution in [3.05, 3.63) is 63.4 Å². The topological polar surface area (TPSA) is 88.7 Å². The summed E-state index contributed by atoms with van der Waals surface area (Å²) in [6, 6.07) is 11.3. The third-order valence-electron chi connectivity index (χ3n) is 6.06. The molecule has 1 aromatic heterocycles. The van der Waals surface area contributed by atoms with Crippen LogP contribution in [0, 0.1) is 0 Å². The number of nitrogens with one attached hydrogen (secondary N) is 1. The second-order valence-electron chi connectivity index (χ2n) is 8.15. The molecule has 168 valence electrons. The summed E-state index contributed by atoms with van der Waals surface area (Å²) < 4.78 is 39.8. The molecule has 0 saturated heterocycles. The van der Waals surface area contributed by atoms with Crippen molar-refractivity contribution in [1.29, 1.82) is 0 Å². The number of aromatic amines is 1. The maximum Gasteiger partial charge on any atom is 0.252 e. The van der Waals surface area contributed by atoms with Gasteiger partial charge in [-0.2, -0.15) is 4.31 Å². The summed E-state index contributed by atoms with van der Waals surface area (Å²) >= 11 is 5.95. The lowest BCUT2D eigenvalue weighted by atomic mass is 10.1. The van der Waals surface area contributed by atoms with Crippen molar-refractivity contribution >= 4 is 32.5 Å². The lowest BCUT2D eigenvalue weighted by Gasteiger charge is -2.28. The number of ether oxygens (including phenoxy) is 2. The highest BCUT2D eigenvalue weighted by atomic mass is 35.5. The highest BCUT2D eigenvalue weighted by Gasteiger charge is 2.34. The zero-order valence-corrected chi connectivity index (χ0v) is 18.9. The molecule has 1 aliphatic carbocycles. The molecule has 5 rings (SSSR count). The van der Waals surface area contributed by atoms with Crippen molar-refractivity contribution in [1.82, 2.24) is 9.29 Å². The summed E-state index contributed by atoms with van der Waals surface area (Å²) in [5.74, 6) is 1.20. The predicted octanol–water partition coefficient (Wildman–Crippen LogP) is 4.09. The molecule has 32 heavy (non-hydrogen) atoms. The van der Waals surface area contributed by atoms with Gasteiger partial charge in [-0.3, -0.25) is 4.79 Å². The van der Waals surface area contributed by atoms with Crippen LogP contribution >= 0.6 is 11.6 Å². The number of nitrogens with zero attached hydrogens (tertiary/aromatic N) is 1. The van der Waals surface area contributed by atoms with Crippen molar-refractivity contribution in [2.45, 2.75) is 43.2 Å². The minimum atomic E-state index is -3.81.